The predicted octanol–water partition coefficient (Wildman–Crippen LogP) is 3.37. The zero-order chi connectivity index (χ0) is 18.2. The van der Waals surface area contributed by atoms with E-state index in [1.165, 1.54) is 0 Å². The number of carbonyl (C=O) groups excluding carboxylic acids is 2. The zero-order valence-corrected chi connectivity index (χ0v) is 14.6. The first-order chi connectivity index (χ1) is 12.0. The summed E-state index contributed by atoms with van der Waals surface area (Å²) in [5.41, 5.74) is 2.20. The molecule has 0 aliphatic rings. The molecule has 6 heteroatoms. The Hall–Kier alpha value is -3.02. The molecule has 0 aromatic heterocycles. The monoisotopic (exact) mass is 342 g/mol. The molecule has 0 unspecified atom stereocenters. The first-order valence-corrected chi connectivity index (χ1v) is 7.99. The molecule has 2 aromatic rings. The van der Waals surface area contributed by atoms with Crippen molar-refractivity contribution in [1.29, 1.82) is 0 Å². The lowest BCUT2D eigenvalue weighted by Crippen LogP contribution is -2.20. The summed E-state index contributed by atoms with van der Waals surface area (Å²) >= 11 is 0. The molecule has 2 N–H and O–H groups in total. The van der Waals surface area contributed by atoms with E-state index in [9.17, 15) is 9.59 Å². The normalized spacial score (nSPS) is 10.0. The highest BCUT2D eigenvalue weighted by molar-refractivity contribution is 5.95. The van der Waals surface area contributed by atoms with E-state index in [2.05, 4.69) is 10.6 Å². The van der Waals surface area contributed by atoms with Gasteiger partial charge in [-0.3, -0.25) is 9.59 Å². The third kappa shape index (κ3) is 5.53. The molecule has 6 nitrogen and oxygen atoms in total. The van der Waals surface area contributed by atoms with Gasteiger partial charge in [-0.05, 0) is 48.9 Å². The number of nitrogens with one attached hydrogen (secondary N) is 2. The molecule has 0 radical (unpaired) electrons. The maximum Gasteiger partial charge on any atom is 0.262 e. The number of aryl methyl sites for hydroxylation is 1. The number of anilines is 2. The standard InChI is InChI=1S/C19H22N2O4/c1-4-18(22)21-17-11-14(6-5-13(17)2)20-19(23)12-25-16-9-7-15(24-3)8-10-16/h5-11H,4,12H2,1-3H3,(H,20,23)(H,21,22). The first-order valence-electron chi connectivity index (χ1n) is 7.99. The Kier molecular flexibility index (Phi) is 6.39. The molecule has 0 heterocycles. The number of amides is 2. The van der Waals surface area contributed by atoms with E-state index in [1.807, 2.05) is 13.0 Å². The van der Waals surface area contributed by atoms with Gasteiger partial charge in [-0.1, -0.05) is 13.0 Å². The molecule has 25 heavy (non-hydrogen) atoms. The minimum atomic E-state index is -0.285. The fraction of sp³-hybridized carbons (Fsp3) is 0.263. The van der Waals surface area contributed by atoms with E-state index in [1.54, 1.807) is 50.4 Å². The van der Waals surface area contributed by atoms with Crippen molar-refractivity contribution < 1.29 is 19.1 Å². The van der Waals surface area contributed by atoms with Crippen LogP contribution in [0.5, 0.6) is 11.5 Å². The SMILES string of the molecule is CCC(=O)Nc1cc(NC(=O)COc2ccc(OC)cc2)ccc1C. The Labute approximate surface area is 147 Å². The second kappa shape index (κ2) is 8.73. The molecule has 2 rings (SSSR count). The lowest BCUT2D eigenvalue weighted by Gasteiger charge is -2.12. The van der Waals surface area contributed by atoms with E-state index < -0.39 is 0 Å². The Balaban J connectivity index is 1.93. The Morgan fingerprint density at radius 2 is 1.64 bits per heavy atom. The molecule has 132 valence electrons. The van der Waals surface area contributed by atoms with E-state index >= 15 is 0 Å². The Bertz CT molecular complexity index is 742. The fourth-order valence-corrected chi connectivity index (χ4v) is 2.09. The van der Waals surface area contributed by atoms with E-state index in [0.29, 0.717) is 23.5 Å². The minimum absolute atomic E-state index is 0.0746. The topological polar surface area (TPSA) is 76.7 Å². The Morgan fingerprint density at radius 3 is 2.28 bits per heavy atom. The van der Waals surface area contributed by atoms with Crippen molar-refractivity contribution in [2.45, 2.75) is 20.3 Å². The van der Waals surface area contributed by atoms with Crippen LogP contribution in [-0.2, 0) is 9.59 Å². The molecule has 0 fully saturated rings. The van der Waals surface area contributed by atoms with Gasteiger partial charge in [0.1, 0.15) is 11.5 Å². The van der Waals surface area contributed by atoms with Crippen LogP contribution in [0.4, 0.5) is 11.4 Å². The summed E-state index contributed by atoms with van der Waals surface area (Å²) in [7, 11) is 1.59. The molecular formula is C19H22N2O4. The highest BCUT2D eigenvalue weighted by Crippen LogP contribution is 2.21. The van der Waals surface area contributed by atoms with Crippen molar-refractivity contribution in [3.05, 3.63) is 48.0 Å². The van der Waals surface area contributed by atoms with Gasteiger partial charge in [-0.15, -0.1) is 0 Å². The van der Waals surface area contributed by atoms with Crippen molar-refractivity contribution in [2.24, 2.45) is 0 Å². The summed E-state index contributed by atoms with van der Waals surface area (Å²) in [4.78, 5) is 23.6. The van der Waals surface area contributed by atoms with Crippen LogP contribution < -0.4 is 20.1 Å². The summed E-state index contributed by atoms with van der Waals surface area (Å²) in [6.07, 6.45) is 0.395. The summed E-state index contributed by atoms with van der Waals surface area (Å²) in [6, 6.07) is 12.3. The van der Waals surface area contributed by atoms with Gasteiger partial charge in [-0.2, -0.15) is 0 Å². The fourth-order valence-electron chi connectivity index (χ4n) is 2.09. The third-order valence-corrected chi connectivity index (χ3v) is 3.55. The van der Waals surface area contributed by atoms with Crippen LogP contribution in [-0.4, -0.2) is 25.5 Å². The van der Waals surface area contributed by atoms with Crippen LogP contribution in [0.3, 0.4) is 0 Å². The molecule has 0 aliphatic carbocycles. The molecule has 0 bridgehead atoms. The van der Waals surface area contributed by atoms with Gasteiger partial charge in [-0.25, -0.2) is 0 Å². The van der Waals surface area contributed by atoms with Gasteiger partial charge in [0.15, 0.2) is 6.61 Å². The van der Waals surface area contributed by atoms with Crippen molar-refractivity contribution in [3.63, 3.8) is 0 Å². The lowest BCUT2D eigenvalue weighted by molar-refractivity contribution is -0.118. The van der Waals surface area contributed by atoms with Crippen molar-refractivity contribution in [3.8, 4) is 11.5 Å². The quantitative estimate of drug-likeness (QED) is 0.809. The van der Waals surface area contributed by atoms with Crippen LogP contribution >= 0.6 is 0 Å². The van der Waals surface area contributed by atoms with Crippen LogP contribution in [0.2, 0.25) is 0 Å². The second-order valence-electron chi connectivity index (χ2n) is 5.44. The highest BCUT2D eigenvalue weighted by Gasteiger charge is 2.08. The molecule has 0 saturated carbocycles. The maximum atomic E-state index is 12.0. The highest BCUT2D eigenvalue weighted by atomic mass is 16.5. The van der Waals surface area contributed by atoms with E-state index in [4.69, 9.17) is 9.47 Å². The van der Waals surface area contributed by atoms with Gasteiger partial charge < -0.3 is 20.1 Å². The third-order valence-electron chi connectivity index (χ3n) is 3.55. The molecule has 0 spiro atoms. The van der Waals surface area contributed by atoms with Gasteiger partial charge in [0.25, 0.3) is 5.91 Å². The number of benzene rings is 2. The zero-order valence-electron chi connectivity index (χ0n) is 14.6. The van der Waals surface area contributed by atoms with Crippen LogP contribution in [0.15, 0.2) is 42.5 Å². The second-order valence-corrected chi connectivity index (χ2v) is 5.44. The number of hydrogen-bond donors (Lipinski definition) is 2. The number of methoxy groups -OCH3 is 1. The maximum absolute atomic E-state index is 12.0. The predicted molar refractivity (Wildman–Crippen MR) is 97.2 cm³/mol. The molecule has 0 atom stereocenters. The van der Waals surface area contributed by atoms with Gasteiger partial charge >= 0.3 is 0 Å². The summed E-state index contributed by atoms with van der Waals surface area (Å²) in [6.45, 7) is 3.56. The first kappa shape index (κ1) is 18.3. The lowest BCUT2D eigenvalue weighted by atomic mass is 10.1. The summed E-state index contributed by atoms with van der Waals surface area (Å²) in [5, 5.41) is 5.56. The molecule has 2 aromatic carbocycles. The van der Waals surface area contributed by atoms with Crippen molar-refractivity contribution in [2.75, 3.05) is 24.4 Å². The number of rotatable bonds is 7. The van der Waals surface area contributed by atoms with Crippen LogP contribution in [0.1, 0.15) is 18.9 Å². The van der Waals surface area contributed by atoms with Crippen LogP contribution in [0.25, 0.3) is 0 Å². The van der Waals surface area contributed by atoms with Gasteiger partial charge in [0.2, 0.25) is 5.91 Å². The van der Waals surface area contributed by atoms with Crippen molar-refractivity contribution >= 4 is 23.2 Å². The summed E-state index contributed by atoms with van der Waals surface area (Å²) < 4.78 is 10.5. The van der Waals surface area contributed by atoms with Gasteiger partial charge in [0, 0.05) is 17.8 Å². The summed E-state index contributed by atoms with van der Waals surface area (Å²) in [5.74, 6) is 0.940. The van der Waals surface area contributed by atoms with Crippen LogP contribution in [0, 0.1) is 6.92 Å². The van der Waals surface area contributed by atoms with E-state index in [-0.39, 0.29) is 18.4 Å². The number of hydrogen-bond acceptors (Lipinski definition) is 4. The van der Waals surface area contributed by atoms with Crippen molar-refractivity contribution in [1.82, 2.24) is 0 Å². The molecule has 2 amide bonds. The molecule has 0 aliphatic heterocycles. The smallest absolute Gasteiger partial charge is 0.262 e. The number of ether oxygens (including phenoxy) is 2. The largest absolute Gasteiger partial charge is 0.497 e. The molecular weight excluding hydrogens is 320 g/mol. The average Bonchev–Trinajstić information content (AvgIpc) is 2.63. The Morgan fingerprint density at radius 1 is 0.960 bits per heavy atom. The molecule has 0 saturated heterocycles. The van der Waals surface area contributed by atoms with Gasteiger partial charge in [0.05, 0.1) is 7.11 Å². The van der Waals surface area contributed by atoms with E-state index in [0.717, 1.165) is 11.3 Å². The average molecular weight is 342 g/mol. The number of carbonyl (C=O) groups is 2. The minimum Gasteiger partial charge on any atom is -0.497 e.